The maximum absolute atomic E-state index is 12.9. The molecule has 0 aliphatic carbocycles. The first kappa shape index (κ1) is 19.3. The summed E-state index contributed by atoms with van der Waals surface area (Å²) in [5, 5.41) is 7.19. The number of halogens is 2. The predicted molar refractivity (Wildman–Crippen MR) is 107 cm³/mol. The monoisotopic (exact) mass is 450 g/mol. The first-order chi connectivity index (χ1) is 12.9. The fraction of sp³-hybridized carbons (Fsp3) is 0.158. The molecule has 1 amide bonds. The van der Waals surface area contributed by atoms with Crippen LogP contribution >= 0.6 is 27.5 Å². The topological polar surface area (TPSA) is 73.6 Å². The third-order valence-corrected chi connectivity index (χ3v) is 4.75. The maximum Gasteiger partial charge on any atom is 0.261 e. The van der Waals surface area contributed by atoms with Crippen LogP contribution in [0, 0.1) is 6.92 Å². The van der Waals surface area contributed by atoms with Crippen molar-refractivity contribution < 1.29 is 18.8 Å². The molecule has 0 fully saturated rings. The second kappa shape index (κ2) is 8.02. The normalized spacial score (nSPS) is 10.6. The lowest BCUT2D eigenvalue weighted by Gasteiger charge is -2.13. The summed E-state index contributed by atoms with van der Waals surface area (Å²) in [6, 6.07) is 10.6. The standard InChI is InChI=1S/C19H16BrClN2O4/c1-10-17(18(23-27-10)11-4-6-12(20)7-5-11)19(24)22-14-8-13(21)15(25-2)9-16(14)26-3/h4-9H,1-3H3,(H,22,24). The summed E-state index contributed by atoms with van der Waals surface area (Å²) in [6.07, 6.45) is 0. The number of hydrogen-bond acceptors (Lipinski definition) is 5. The molecule has 1 aromatic heterocycles. The van der Waals surface area contributed by atoms with Gasteiger partial charge in [0, 0.05) is 16.1 Å². The summed E-state index contributed by atoms with van der Waals surface area (Å²) in [5.41, 5.74) is 1.97. The number of ether oxygens (including phenoxy) is 2. The molecule has 27 heavy (non-hydrogen) atoms. The number of amides is 1. The highest BCUT2D eigenvalue weighted by Gasteiger charge is 2.23. The van der Waals surface area contributed by atoms with Crippen molar-refractivity contribution in [2.45, 2.75) is 6.92 Å². The minimum absolute atomic E-state index is 0.339. The molecule has 2 aromatic carbocycles. The number of benzene rings is 2. The lowest BCUT2D eigenvalue weighted by Crippen LogP contribution is -2.14. The number of anilines is 1. The average Bonchev–Trinajstić information content (AvgIpc) is 3.04. The van der Waals surface area contributed by atoms with Crippen LogP contribution in [0.2, 0.25) is 5.02 Å². The zero-order chi connectivity index (χ0) is 19.6. The van der Waals surface area contributed by atoms with Gasteiger partial charge in [-0.15, -0.1) is 0 Å². The molecule has 0 bridgehead atoms. The van der Waals surface area contributed by atoms with Gasteiger partial charge in [0.25, 0.3) is 5.91 Å². The van der Waals surface area contributed by atoms with Gasteiger partial charge in [0.2, 0.25) is 0 Å². The van der Waals surface area contributed by atoms with Crippen molar-refractivity contribution >= 4 is 39.1 Å². The van der Waals surface area contributed by atoms with E-state index in [4.69, 9.17) is 25.6 Å². The molecule has 0 unspecified atom stereocenters. The van der Waals surface area contributed by atoms with E-state index in [1.165, 1.54) is 14.2 Å². The van der Waals surface area contributed by atoms with Gasteiger partial charge in [0.05, 0.1) is 24.9 Å². The first-order valence-electron chi connectivity index (χ1n) is 7.89. The Balaban J connectivity index is 1.97. The Hall–Kier alpha value is -2.51. The van der Waals surface area contributed by atoms with Gasteiger partial charge < -0.3 is 19.3 Å². The summed E-state index contributed by atoms with van der Waals surface area (Å²) >= 11 is 9.56. The van der Waals surface area contributed by atoms with E-state index in [-0.39, 0.29) is 5.91 Å². The van der Waals surface area contributed by atoms with Crippen molar-refractivity contribution in [2.75, 3.05) is 19.5 Å². The fourth-order valence-electron chi connectivity index (χ4n) is 2.59. The Morgan fingerprint density at radius 2 is 1.81 bits per heavy atom. The summed E-state index contributed by atoms with van der Waals surface area (Å²) < 4.78 is 16.7. The van der Waals surface area contributed by atoms with E-state index in [0.717, 1.165) is 10.0 Å². The van der Waals surface area contributed by atoms with E-state index >= 15 is 0 Å². The third-order valence-electron chi connectivity index (χ3n) is 3.93. The van der Waals surface area contributed by atoms with Gasteiger partial charge in [0.15, 0.2) is 0 Å². The Kier molecular flexibility index (Phi) is 5.72. The van der Waals surface area contributed by atoms with Crippen LogP contribution in [0.1, 0.15) is 16.1 Å². The van der Waals surface area contributed by atoms with Crippen molar-refractivity contribution in [3.05, 3.63) is 57.2 Å². The molecular weight excluding hydrogens is 436 g/mol. The highest BCUT2D eigenvalue weighted by molar-refractivity contribution is 9.10. The van der Waals surface area contributed by atoms with Gasteiger partial charge in [-0.3, -0.25) is 4.79 Å². The van der Waals surface area contributed by atoms with Crippen LogP contribution in [0.3, 0.4) is 0 Å². The molecule has 6 nitrogen and oxygen atoms in total. The SMILES string of the molecule is COc1cc(OC)c(NC(=O)c2c(-c3ccc(Br)cc3)noc2C)cc1Cl. The number of nitrogens with one attached hydrogen (secondary N) is 1. The maximum atomic E-state index is 12.9. The number of carbonyl (C=O) groups excluding carboxylic acids is 1. The van der Waals surface area contributed by atoms with Crippen molar-refractivity contribution in [2.24, 2.45) is 0 Å². The van der Waals surface area contributed by atoms with Crippen LogP contribution in [0.15, 0.2) is 45.4 Å². The molecule has 0 atom stereocenters. The second-order valence-electron chi connectivity index (χ2n) is 5.61. The number of hydrogen-bond donors (Lipinski definition) is 1. The molecule has 0 saturated carbocycles. The lowest BCUT2D eigenvalue weighted by atomic mass is 10.1. The summed E-state index contributed by atoms with van der Waals surface area (Å²) in [4.78, 5) is 12.9. The highest BCUT2D eigenvalue weighted by Crippen LogP contribution is 2.36. The van der Waals surface area contributed by atoms with Gasteiger partial charge in [-0.2, -0.15) is 0 Å². The molecule has 0 aliphatic rings. The minimum Gasteiger partial charge on any atom is -0.495 e. The zero-order valence-electron chi connectivity index (χ0n) is 14.8. The minimum atomic E-state index is -0.383. The number of rotatable bonds is 5. The number of aromatic nitrogens is 1. The molecule has 3 rings (SSSR count). The molecule has 0 radical (unpaired) electrons. The average molecular weight is 452 g/mol. The van der Waals surface area contributed by atoms with E-state index in [2.05, 4.69) is 26.4 Å². The van der Waals surface area contributed by atoms with E-state index in [1.54, 1.807) is 19.1 Å². The van der Waals surface area contributed by atoms with Crippen molar-refractivity contribution in [1.29, 1.82) is 0 Å². The van der Waals surface area contributed by atoms with Crippen molar-refractivity contribution in [1.82, 2.24) is 5.16 Å². The van der Waals surface area contributed by atoms with Gasteiger partial charge in [-0.25, -0.2) is 0 Å². The predicted octanol–water partition coefficient (Wildman–Crippen LogP) is 5.34. The molecular formula is C19H16BrClN2O4. The van der Waals surface area contributed by atoms with Crippen LogP contribution in [-0.2, 0) is 0 Å². The van der Waals surface area contributed by atoms with Gasteiger partial charge >= 0.3 is 0 Å². The number of methoxy groups -OCH3 is 2. The van der Waals surface area contributed by atoms with Gasteiger partial charge in [-0.1, -0.05) is 44.8 Å². The Bertz CT molecular complexity index is 986. The third kappa shape index (κ3) is 3.94. The number of carbonyl (C=O) groups is 1. The largest absolute Gasteiger partial charge is 0.495 e. The summed E-state index contributed by atoms with van der Waals surface area (Å²) in [7, 11) is 3.00. The van der Waals surface area contributed by atoms with Crippen molar-refractivity contribution in [3.63, 3.8) is 0 Å². The van der Waals surface area contributed by atoms with Crippen molar-refractivity contribution in [3.8, 4) is 22.8 Å². The van der Waals surface area contributed by atoms with Crippen LogP contribution in [0.4, 0.5) is 5.69 Å². The van der Waals surface area contributed by atoms with Crippen LogP contribution in [-0.4, -0.2) is 25.3 Å². The lowest BCUT2D eigenvalue weighted by molar-refractivity contribution is 0.102. The Morgan fingerprint density at radius 1 is 1.15 bits per heavy atom. The molecule has 3 aromatic rings. The first-order valence-corrected chi connectivity index (χ1v) is 9.06. The highest BCUT2D eigenvalue weighted by atomic mass is 79.9. The molecule has 1 heterocycles. The van der Waals surface area contributed by atoms with Gasteiger partial charge in [0.1, 0.15) is 28.5 Å². The fourth-order valence-corrected chi connectivity index (χ4v) is 3.09. The van der Waals surface area contributed by atoms with Crippen LogP contribution in [0.5, 0.6) is 11.5 Å². The zero-order valence-corrected chi connectivity index (χ0v) is 17.1. The number of aryl methyl sites for hydroxylation is 1. The smallest absolute Gasteiger partial charge is 0.261 e. The van der Waals surface area contributed by atoms with E-state index < -0.39 is 0 Å². The van der Waals surface area contributed by atoms with Crippen LogP contribution in [0.25, 0.3) is 11.3 Å². The molecule has 0 spiro atoms. The Morgan fingerprint density at radius 3 is 2.44 bits per heavy atom. The van der Waals surface area contributed by atoms with Crippen LogP contribution < -0.4 is 14.8 Å². The van der Waals surface area contributed by atoms with E-state index in [0.29, 0.717) is 39.2 Å². The Labute approximate surface area is 169 Å². The quantitative estimate of drug-likeness (QED) is 0.567. The molecule has 1 N–H and O–H groups in total. The molecule has 8 heteroatoms. The molecule has 0 aliphatic heterocycles. The second-order valence-corrected chi connectivity index (χ2v) is 6.93. The molecule has 0 saturated heterocycles. The summed E-state index contributed by atoms with van der Waals surface area (Å²) in [6.45, 7) is 1.68. The van der Waals surface area contributed by atoms with E-state index in [9.17, 15) is 4.79 Å². The van der Waals surface area contributed by atoms with E-state index in [1.807, 2.05) is 24.3 Å². The summed E-state index contributed by atoms with van der Waals surface area (Å²) in [5.74, 6) is 0.891. The van der Waals surface area contributed by atoms with Gasteiger partial charge in [-0.05, 0) is 25.1 Å². The molecule has 140 valence electrons. The number of nitrogens with zero attached hydrogens (tertiary/aromatic N) is 1.